The largest absolute Gasteiger partial charge is 0.480 e. The Hall–Kier alpha value is -0.480. The van der Waals surface area contributed by atoms with Crippen LogP contribution in [-0.2, 0) is 4.79 Å². The predicted octanol–water partition coefficient (Wildman–Crippen LogP) is 3.40. The van der Waals surface area contributed by atoms with E-state index in [-0.39, 0.29) is 5.25 Å². The Morgan fingerprint density at radius 2 is 2.21 bits per heavy atom. The summed E-state index contributed by atoms with van der Waals surface area (Å²) in [5.74, 6) is -0.756. The number of halogens is 1. The number of hydrogen-bond donors (Lipinski definition) is 1. The lowest BCUT2D eigenvalue weighted by Crippen LogP contribution is -2.14. The molecule has 0 fully saturated rings. The fourth-order valence-corrected chi connectivity index (χ4v) is 2.48. The molecule has 14 heavy (non-hydrogen) atoms. The Bertz CT molecular complexity index is 328. The van der Waals surface area contributed by atoms with Gasteiger partial charge in [0.15, 0.2) is 0 Å². The van der Waals surface area contributed by atoms with Crippen LogP contribution < -0.4 is 0 Å². The molecule has 2 nitrogen and oxygen atoms in total. The minimum Gasteiger partial charge on any atom is -0.480 e. The summed E-state index contributed by atoms with van der Waals surface area (Å²) in [5, 5.41) is 8.52. The first-order valence-electron chi connectivity index (χ1n) is 4.29. The number of rotatable bonds is 4. The fraction of sp³-hybridized carbons (Fsp3) is 0.300. The highest BCUT2D eigenvalue weighted by molar-refractivity contribution is 9.10. The lowest BCUT2D eigenvalue weighted by Gasteiger charge is -2.10. The third-order valence-corrected chi connectivity index (χ3v) is 4.14. The maximum absolute atomic E-state index is 10.8. The molecular weight excluding hydrogens is 264 g/mol. The van der Waals surface area contributed by atoms with Crippen molar-refractivity contribution in [3.05, 3.63) is 28.7 Å². The zero-order valence-electron chi connectivity index (χ0n) is 7.74. The SMILES string of the molecule is CCC(Sc1ccccc1Br)C(=O)O. The second-order valence-corrected chi connectivity index (χ2v) is 4.88. The van der Waals surface area contributed by atoms with E-state index in [9.17, 15) is 4.79 Å². The molecule has 0 aliphatic heterocycles. The van der Waals surface area contributed by atoms with Crippen LogP contribution in [0.5, 0.6) is 0 Å². The van der Waals surface area contributed by atoms with Crippen LogP contribution in [0, 0.1) is 0 Å². The number of carboxylic acids is 1. The van der Waals surface area contributed by atoms with Crippen LogP contribution in [0.2, 0.25) is 0 Å². The predicted molar refractivity (Wildman–Crippen MR) is 61.7 cm³/mol. The molecule has 76 valence electrons. The molecular formula is C10H11BrO2S. The van der Waals surface area contributed by atoms with Crippen molar-refractivity contribution in [3.8, 4) is 0 Å². The van der Waals surface area contributed by atoms with E-state index in [4.69, 9.17) is 5.11 Å². The highest BCUT2D eigenvalue weighted by Gasteiger charge is 2.17. The van der Waals surface area contributed by atoms with Gasteiger partial charge in [0, 0.05) is 9.37 Å². The van der Waals surface area contributed by atoms with Crippen molar-refractivity contribution >= 4 is 33.7 Å². The minimum atomic E-state index is -0.756. The Morgan fingerprint density at radius 1 is 1.57 bits per heavy atom. The minimum absolute atomic E-state index is 0.367. The lowest BCUT2D eigenvalue weighted by atomic mass is 10.3. The van der Waals surface area contributed by atoms with Crippen LogP contribution in [0.25, 0.3) is 0 Å². The molecule has 1 atom stereocenters. The van der Waals surface area contributed by atoms with Gasteiger partial charge in [-0.3, -0.25) is 4.79 Å². The number of carboxylic acid groups (broad SMARTS) is 1. The molecule has 1 unspecified atom stereocenters. The van der Waals surface area contributed by atoms with Gasteiger partial charge in [0.25, 0.3) is 0 Å². The molecule has 1 rings (SSSR count). The molecule has 0 heterocycles. The van der Waals surface area contributed by atoms with Gasteiger partial charge >= 0.3 is 5.97 Å². The number of carbonyl (C=O) groups is 1. The monoisotopic (exact) mass is 274 g/mol. The van der Waals surface area contributed by atoms with E-state index in [1.165, 1.54) is 11.8 Å². The molecule has 0 aliphatic carbocycles. The third kappa shape index (κ3) is 3.03. The van der Waals surface area contributed by atoms with Crippen LogP contribution in [0.15, 0.2) is 33.6 Å². The highest BCUT2D eigenvalue weighted by atomic mass is 79.9. The topological polar surface area (TPSA) is 37.3 Å². The van der Waals surface area contributed by atoms with E-state index in [1.807, 2.05) is 31.2 Å². The van der Waals surface area contributed by atoms with Gasteiger partial charge in [0.2, 0.25) is 0 Å². The highest BCUT2D eigenvalue weighted by Crippen LogP contribution is 2.31. The van der Waals surface area contributed by atoms with E-state index >= 15 is 0 Å². The van der Waals surface area contributed by atoms with Crippen molar-refractivity contribution < 1.29 is 9.90 Å². The van der Waals surface area contributed by atoms with Gasteiger partial charge in [0.05, 0.1) is 0 Å². The zero-order valence-corrected chi connectivity index (χ0v) is 10.1. The first kappa shape index (κ1) is 11.6. The molecule has 1 aromatic rings. The van der Waals surface area contributed by atoms with E-state index in [1.54, 1.807) is 0 Å². The summed E-state index contributed by atoms with van der Waals surface area (Å²) in [6.07, 6.45) is 0.626. The van der Waals surface area contributed by atoms with Crippen molar-refractivity contribution in [3.63, 3.8) is 0 Å². The normalized spacial score (nSPS) is 12.4. The first-order valence-corrected chi connectivity index (χ1v) is 5.96. The van der Waals surface area contributed by atoms with Gasteiger partial charge in [0.1, 0.15) is 5.25 Å². The van der Waals surface area contributed by atoms with Crippen molar-refractivity contribution in [2.75, 3.05) is 0 Å². The van der Waals surface area contributed by atoms with Crippen molar-refractivity contribution in [1.82, 2.24) is 0 Å². The molecule has 1 N–H and O–H groups in total. The molecule has 4 heteroatoms. The second-order valence-electron chi connectivity index (χ2n) is 2.78. The molecule has 0 saturated heterocycles. The standard InChI is InChI=1S/C10H11BrO2S/c1-2-8(10(12)13)14-9-6-4-3-5-7(9)11/h3-6,8H,2H2,1H3,(H,12,13). The summed E-state index contributed by atoms with van der Waals surface area (Å²) in [4.78, 5) is 11.8. The smallest absolute Gasteiger partial charge is 0.316 e. The van der Waals surface area contributed by atoms with Gasteiger partial charge in [-0.2, -0.15) is 0 Å². The summed E-state index contributed by atoms with van der Waals surface area (Å²) >= 11 is 4.77. The van der Waals surface area contributed by atoms with Crippen molar-refractivity contribution in [1.29, 1.82) is 0 Å². The summed E-state index contributed by atoms with van der Waals surface area (Å²) in [6, 6.07) is 7.65. The maximum atomic E-state index is 10.8. The molecule has 1 aromatic carbocycles. The molecule has 0 aliphatic rings. The molecule has 0 amide bonds. The van der Waals surface area contributed by atoms with Crippen molar-refractivity contribution in [2.45, 2.75) is 23.5 Å². The maximum Gasteiger partial charge on any atom is 0.316 e. The summed E-state index contributed by atoms with van der Waals surface area (Å²) in [5.41, 5.74) is 0. The number of thioether (sulfide) groups is 1. The third-order valence-electron chi connectivity index (χ3n) is 1.75. The van der Waals surface area contributed by atoms with Gasteiger partial charge in [-0.1, -0.05) is 19.1 Å². The summed E-state index contributed by atoms with van der Waals surface area (Å²) in [6.45, 7) is 1.88. The molecule has 0 bridgehead atoms. The van der Waals surface area contributed by atoms with Crippen LogP contribution in [0.4, 0.5) is 0 Å². The van der Waals surface area contributed by atoms with Crippen LogP contribution >= 0.6 is 27.7 Å². The Morgan fingerprint density at radius 3 is 2.71 bits per heavy atom. The van der Waals surface area contributed by atoms with Gasteiger partial charge in [-0.25, -0.2) is 0 Å². The average Bonchev–Trinajstić information content (AvgIpc) is 2.16. The number of aliphatic carboxylic acids is 1. The molecule has 0 spiro atoms. The molecule has 0 aromatic heterocycles. The summed E-state index contributed by atoms with van der Waals surface area (Å²) < 4.78 is 0.949. The second kappa shape index (κ2) is 5.41. The quantitative estimate of drug-likeness (QED) is 0.856. The van der Waals surface area contributed by atoms with Crippen LogP contribution in [-0.4, -0.2) is 16.3 Å². The number of hydrogen-bond acceptors (Lipinski definition) is 2. The van der Waals surface area contributed by atoms with E-state index in [0.29, 0.717) is 6.42 Å². The van der Waals surface area contributed by atoms with Gasteiger partial charge < -0.3 is 5.11 Å². The van der Waals surface area contributed by atoms with Gasteiger partial charge in [-0.15, -0.1) is 11.8 Å². The molecule has 0 radical (unpaired) electrons. The Kier molecular flexibility index (Phi) is 4.48. The fourth-order valence-electron chi connectivity index (χ4n) is 1.00. The van der Waals surface area contributed by atoms with Crippen LogP contribution in [0.3, 0.4) is 0 Å². The first-order chi connectivity index (χ1) is 6.65. The summed E-state index contributed by atoms with van der Waals surface area (Å²) in [7, 11) is 0. The Balaban J connectivity index is 2.77. The van der Waals surface area contributed by atoms with Crippen molar-refractivity contribution in [2.24, 2.45) is 0 Å². The zero-order chi connectivity index (χ0) is 10.6. The van der Waals surface area contributed by atoms with Crippen LogP contribution in [0.1, 0.15) is 13.3 Å². The lowest BCUT2D eigenvalue weighted by molar-refractivity contribution is -0.136. The number of benzene rings is 1. The van der Waals surface area contributed by atoms with E-state index < -0.39 is 5.97 Å². The van der Waals surface area contributed by atoms with Gasteiger partial charge in [-0.05, 0) is 34.5 Å². The van der Waals surface area contributed by atoms with E-state index in [2.05, 4.69) is 15.9 Å². The average molecular weight is 275 g/mol. The molecule has 0 saturated carbocycles. The Labute approximate surface area is 95.8 Å². The van der Waals surface area contributed by atoms with E-state index in [0.717, 1.165) is 9.37 Å².